The predicted octanol–water partition coefficient (Wildman–Crippen LogP) is 2.66. The van der Waals surface area contributed by atoms with Crippen LogP contribution in [0.2, 0.25) is 0 Å². The van der Waals surface area contributed by atoms with Crippen LogP contribution in [0, 0.1) is 5.82 Å². The molecule has 2 heterocycles. The third kappa shape index (κ3) is 3.52. The Labute approximate surface area is 160 Å². The highest BCUT2D eigenvalue weighted by atomic mass is 19.1. The van der Waals surface area contributed by atoms with Crippen LogP contribution in [0.25, 0.3) is 5.69 Å². The molecule has 1 amide bonds. The van der Waals surface area contributed by atoms with E-state index in [0.717, 1.165) is 5.69 Å². The molecule has 0 saturated carbocycles. The Morgan fingerprint density at radius 2 is 1.96 bits per heavy atom. The average molecular weight is 376 g/mol. The standard InChI is InChI=1S/C20H17FN6O/c1-26-11-10-22-19(26)18(14-6-5-7-15(21)12-14)24-20(28)17-13-23-27(25-17)16-8-3-2-4-9-16/h2-13,18H,1H3,(H,24,28). The molecule has 1 N–H and O–H groups in total. The minimum absolute atomic E-state index is 0.152. The Balaban J connectivity index is 1.63. The molecule has 0 saturated heterocycles. The first-order valence-electron chi connectivity index (χ1n) is 8.63. The van der Waals surface area contributed by atoms with Gasteiger partial charge in [-0.1, -0.05) is 30.3 Å². The van der Waals surface area contributed by atoms with Crippen molar-refractivity contribution in [3.63, 3.8) is 0 Å². The van der Waals surface area contributed by atoms with Crippen molar-refractivity contribution >= 4 is 5.91 Å². The van der Waals surface area contributed by atoms with Gasteiger partial charge in [0.15, 0.2) is 5.69 Å². The van der Waals surface area contributed by atoms with Crippen molar-refractivity contribution in [3.05, 3.63) is 96.1 Å². The van der Waals surface area contributed by atoms with Gasteiger partial charge in [0.25, 0.3) is 5.91 Å². The van der Waals surface area contributed by atoms with Gasteiger partial charge in [-0.15, -0.1) is 5.10 Å². The molecule has 0 aliphatic carbocycles. The van der Waals surface area contributed by atoms with Crippen LogP contribution in [0.3, 0.4) is 0 Å². The molecule has 1 unspecified atom stereocenters. The number of halogens is 1. The smallest absolute Gasteiger partial charge is 0.274 e. The van der Waals surface area contributed by atoms with Crippen LogP contribution < -0.4 is 5.32 Å². The highest BCUT2D eigenvalue weighted by Gasteiger charge is 2.23. The zero-order valence-electron chi connectivity index (χ0n) is 15.0. The van der Waals surface area contributed by atoms with E-state index in [1.165, 1.54) is 23.1 Å². The van der Waals surface area contributed by atoms with Crippen LogP contribution in [0.1, 0.15) is 27.9 Å². The molecular weight excluding hydrogens is 359 g/mol. The van der Waals surface area contributed by atoms with E-state index in [2.05, 4.69) is 20.5 Å². The van der Waals surface area contributed by atoms with Crippen molar-refractivity contribution in [1.29, 1.82) is 0 Å². The Morgan fingerprint density at radius 3 is 2.68 bits per heavy atom. The second kappa shape index (κ2) is 7.43. The molecule has 140 valence electrons. The number of nitrogens with one attached hydrogen (secondary N) is 1. The Kier molecular flexibility index (Phi) is 4.67. The van der Waals surface area contributed by atoms with Crippen LogP contribution in [0.5, 0.6) is 0 Å². The molecule has 2 aromatic carbocycles. The Morgan fingerprint density at radius 1 is 1.14 bits per heavy atom. The largest absolute Gasteiger partial charge is 0.337 e. The molecule has 8 heteroatoms. The van der Waals surface area contributed by atoms with Crippen LogP contribution in [-0.2, 0) is 7.05 Å². The monoisotopic (exact) mass is 376 g/mol. The van der Waals surface area contributed by atoms with E-state index in [4.69, 9.17) is 0 Å². The summed E-state index contributed by atoms with van der Waals surface area (Å²) in [5, 5.41) is 11.3. The lowest BCUT2D eigenvalue weighted by Crippen LogP contribution is -2.31. The minimum Gasteiger partial charge on any atom is -0.337 e. The summed E-state index contributed by atoms with van der Waals surface area (Å²) in [4.78, 5) is 18.5. The van der Waals surface area contributed by atoms with Gasteiger partial charge in [0.05, 0.1) is 11.9 Å². The van der Waals surface area contributed by atoms with E-state index >= 15 is 0 Å². The zero-order valence-corrected chi connectivity index (χ0v) is 15.0. The molecule has 1 atom stereocenters. The van der Waals surface area contributed by atoms with Gasteiger partial charge < -0.3 is 9.88 Å². The van der Waals surface area contributed by atoms with Gasteiger partial charge >= 0.3 is 0 Å². The van der Waals surface area contributed by atoms with E-state index < -0.39 is 11.9 Å². The molecule has 0 aliphatic rings. The van der Waals surface area contributed by atoms with Gasteiger partial charge in [-0.3, -0.25) is 4.79 Å². The van der Waals surface area contributed by atoms with Gasteiger partial charge in [0.2, 0.25) is 0 Å². The first kappa shape index (κ1) is 17.6. The van der Waals surface area contributed by atoms with Crippen molar-refractivity contribution in [1.82, 2.24) is 29.9 Å². The third-order valence-electron chi connectivity index (χ3n) is 4.29. The van der Waals surface area contributed by atoms with E-state index in [1.54, 1.807) is 29.1 Å². The maximum Gasteiger partial charge on any atom is 0.274 e. The fourth-order valence-electron chi connectivity index (χ4n) is 2.90. The number of nitrogens with zero attached hydrogens (tertiary/aromatic N) is 5. The highest BCUT2D eigenvalue weighted by molar-refractivity contribution is 5.92. The lowest BCUT2D eigenvalue weighted by molar-refractivity contribution is 0.0935. The number of aryl methyl sites for hydroxylation is 1. The van der Waals surface area contributed by atoms with Gasteiger partial charge in [0, 0.05) is 19.4 Å². The number of carbonyl (C=O) groups is 1. The lowest BCUT2D eigenvalue weighted by Gasteiger charge is -2.18. The molecule has 7 nitrogen and oxygen atoms in total. The molecule has 0 spiro atoms. The number of aromatic nitrogens is 5. The summed E-state index contributed by atoms with van der Waals surface area (Å²) in [6, 6.07) is 14.7. The van der Waals surface area contributed by atoms with Crippen molar-refractivity contribution < 1.29 is 9.18 Å². The summed E-state index contributed by atoms with van der Waals surface area (Å²) >= 11 is 0. The number of imidazole rings is 1. The van der Waals surface area contributed by atoms with Gasteiger partial charge in [0.1, 0.15) is 17.7 Å². The van der Waals surface area contributed by atoms with Crippen molar-refractivity contribution in [2.75, 3.05) is 0 Å². The summed E-state index contributed by atoms with van der Waals surface area (Å²) < 4.78 is 15.5. The highest BCUT2D eigenvalue weighted by Crippen LogP contribution is 2.21. The molecule has 0 radical (unpaired) electrons. The quantitative estimate of drug-likeness (QED) is 0.581. The molecule has 2 aromatic heterocycles. The second-order valence-corrected chi connectivity index (χ2v) is 6.21. The van der Waals surface area contributed by atoms with Gasteiger partial charge in [-0.05, 0) is 29.8 Å². The van der Waals surface area contributed by atoms with Crippen LogP contribution >= 0.6 is 0 Å². The van der Waals surface area contributed by atoms with Gasteiger partial charge in [-0.2, -0.15) is 9.90 Å². The minimum atomic E-state index is -0.634. The van der Waals surface area contributed by atoms with Crippen LogP contribution in [-0.4, -0.2) is 30.5 Å². The zero-order chi connectivity index (χ0) is 19.5. The first-order chi connectivity index (χ1) is 13.6. The topological polar surface area (TPSA) is 77.6 Å². The van der Waals surface area contributed by atoms with Crippen molar-refractivity contribution in [2.45, 2.75) is 6.04 Å². The normalized spacial score (nSPS) is 11.9. The maximum absolute atomic E-state index is 13.8. The average Bonchev–Trinajstić information content (AvgIpc) is 3.36. The van der Waals surface area contributed by atoms with Crippen LogP contribution in [0.15, 0.2) is 73.2 Å². The molecule has 0 bridgehead atoms. The molecule has 0 fully saturated rings. The summed E-state index contributed by atoms with van der Waals surface area (Å²) in [5.74, 6) is -0.241. The fraction of sp³-hybridized carbons (Fsp3) is 0.100. The number of rotatable bonds is 5. The molecule has 4 rings (SSSR count). The lowest BCUT2D eigenvalue weighted by atomic mass is 10.1. The number of hydrogen-bond acceptors (Lipinski definition) is 4. The number of benzene rings is 2. The van der Waals surface area contributed by atoms with E-state index in [-0.39, 0.29) is 11.5 Å². The number of para-hydroxylation sites is 1. The summed E-state index contributed by atoms with van der Waals surface area (Å²) in [6.45, 7) is 0. The summed E-state index contributed by atoms with van der Waals surface area (Å²) in [6.07, 6.45) is 4.78. The molecular formula is C20H17FN6O. The SMILES string of the molecule is Cn1ccnc1C(NC(=O)c1cnn(-c2ccccc2)n1)c1cccc(F)c1. The van der Waals surface area contributed by atoms with E-state index in [1.807, 2.05) is 37.4 Å². The molecule has 0 aliphatic heterocycles. The van der Waals surface area contributed by atoms with Crippen molar-refractivity contribution in [2.24, 2.45) is 7.05 Å². The number of hydrogen-bond donors (Lipinski definition) is 1. The maximum atomic E-state index is 13.8. The summed E-state index contributed by atoms with van der Waals surface area (Å²) in [7, 11) is 1.81. The molecule has 4 aromatic rings. The Hall–Kier alpha value is -3.81. The van der Waals surface area contributed by atoms with E-state index in [9.17, 15) is 9.18 Å². The molecule has 28 heavy (non-hydrogen) atoms. The number of carbonyl (C=O) groups excluding carboxylic acids is 1. The van der Waals surface area contributed by atoms with Crippen molar-refractivity contribution in [3.8, 4) is 5.69 Å². The first-order valence-corrected chi connectivity index (χ1v) is 8.63. The predicted molar refractivity (Wildman–Crippen MR) is 100 cm³/mol. The summed E-state index contributed by atoms with van der Waals surface area (Å²) in [5.41, 5.74) is 1.48. The number of amides is 1. The Bertz CT molecular complexity index is 1100. The van der Waals surface area contributed by atoms with Crippen LogP contribution in [0.4, 0.5) is 4.39 Å². The fourth-order valence-corrected chi connectivity index (χ4v) is 2.90. The third-order valence-corrected chi connectivity index (χ3v) is 4.29. The van der Waals surface area contributed by atoms with E-state index in [0.29, 0.717) is 11.4 Å². The second-order valence-electron chi connectivity index (χ2n) is 6.21. The van der Waals surface area contributed by atoms with Gasteiger partial charge in [-0.25, -0.2) is 9.37 Å².